The summed E-state index contributed by atoms with van der Waals surface area (Å²) in [6.45, 7) is 4.28. The number of amides is 1. The number of unbranched alkanes of at least 4 members (excludes halogenated alkanes) is 1. The van der Waals surface area contributed by atoms with Gasteiger partial charge in [-0.1, -0.05) is 25.5 Å². The summed E-state index contributed by atoms with van der Waals surface area (Å²) in [6, 6.07) is 5.09. The van der Waals surface area contributed by atoms with Crippen molar-refractivity contribution in [3.8, 4) is 0 Å². The smallest absolute Gasteiger partial charge is 0.246 e. The topological polar surface area (TPSA) is 58.6 Å². The lowest BCUT2D eigenvalue weighted by Crippen LogP contribution is -2.39. The van der Waals surface area contributed by atoms with E-state index < -0.39 is 12.1 Å². The molecule has 20 heavy (non-hydrogen) atoms. The molecule has 0 saturated heterocycles. The Morgan fingerprint density at radius 2 is 2.05 bits per heavy atom. The number of hydrogen-bond donors (Lipinski definition) is 2. The predicted molar refractivity (Wildman–Crippen MR) is 74.7 cm³/mol. The van der Waals surface area contributed by atoms with Gasteiger partial charge in [0.2, 0.25) is 5.91 Å². The zero-order valence-corrected chi connectivity index (χ0v) is 11.9. The molecule has 0 aromatic heterocycles. The molecule has 2 atom stereocenters. The monoisotopic (exact) mass is 283 g/mol. The summed E-state index contributed by atoms with van der Waals surface area (Å²) in [5.41, 5.74) is 0.561. The van der Waals surface area contributed by atoms with E-state index in [9.17, 15) is 14.3 Å². The van der Waals surface area contributed by atoms with Crippen molar-refractivity contribution in [1.29, 1.82) is 0 Å². The van der Waals surface area contributed by atoms with Gasteiger partial charge in [-0.3, -0.25) is 4.79 Å². The number of nitrogens with one attached hydrogen (secondary N) is 1. The van der Waals surface area contributed by atoms with Crippen LogP contribution in [0.15, 0.2) is 24.3 Å². The number of aliphatic hydroxyl groups is 1. The van der Waals surface area contributed by atoms with E-state index in [1.54, 1.807) is 6.92 Å². The van der Waals surface area contributed by atoms with Gasteiger partial charge in [-0.05, 0) is 31.0 Å². The summed E-state index contributed by atoms with van der Waals surface area (Å²) in [5.74, 6) is -0.628. The highest BCUT2D eigenvalue weighted by molar-refractivity contribution is 5.77. The summed E-state index contributed by atoms with van der Waals surface area (Å²) in [5, 5.41) is 12.7. The molecular formula is C15H22FNO3. The second kappa shape index (κ2) is 8.66. The molecule has 5 heteroatoms. The first-order chi connectivity index (χ1) is 9.54. The maximum absolute atomic E-state index is 12.8. The van der Waals surface area contributed by atoms with Crippen molar-refractivity contribution in [2.75, 3.05) is 13.2 Å². The lowest BCUT2D eigenvalue weighted by atomic mass is 10.0. The number of ether oxygens (including phenoxy) is 1. The van der Waals surface area contributed by atoms with Crippen LogP contribution in [0.5, 0.6) is 0 Å². The second-order valence-corrected chi connectivity index (χ2v) is 4.76. The fraction of sp³-hybridized carbons (Fsp3) is 0.533. The lowest BCUT2D eigenvalue weighted by molar-refractivity contribution is -0.127. The largest absolute Gasteiger partial charge is 0.386 e. The van der Waals surface area contributed by atoms with E-state index in [4.69, 9.17) is 4.74 Å². The predicted octanol–water partition coefficient (Wildman–Crippen LogP) is 2.18. The normalized spacial score (nSPS) is 13.8. The van der Waals surface area contributed by atoms with E-state index in [0.29, 0.717) is 12.2 Å². The van der Waals surface area contributed by atoms with Gasteiger partial charge in [-0.15, -0.1) is 0 Å². The molecular weight excluding hydrogens is 261 g/mol. The summed E-state index contributed by atoms with van der Waals surface area (Å²) in [4.78, 5) is 11.6. The van der Waals surface area contributed by atoms with Crippen LogP contribution in [-0.4, -0.2) is 30.3 Å². The van der Waals surface area contributed by atoms with Crippen molar-refractivity contribution < 1.29 is 19.0 Å². The van der Waals surface area contributed by atoms with Crippen LogP contribution >= 0.6 is 0 Å². The van der Waals surface area contributed by atoms with Gasteiger partial charge in [-0.2, -0.15) is 0 Å². The molecule has 2 N–H and O–H groups in total. The van der Waals surface area contributed by atoms with E-state index in [2.05, 4.69) is 5.32 Å². The molecule has 0 heterocycles. The molecule has 1 aromatic carbocycles. The average molecular weight is 283 g/mol. The van der Waals surface area contributed by atoms with E-state index in [1.165, 1.54) is 24.3 Å². The SMILES string of the molecule is CCCCOCC(=O)NC(C)C(O)c1ccc(F)cc1. The van der Waals surface area contributed by atoms with E-state index in [-0.39, 0.29) is 18.3 Å². The van der Waals surface area contributed by atoms with E-state index in [1.807, 2.05) is 6.92 Å². The molecule has 1 rings (SSSR count). The summed E-state index contributed by atoms with van der Waals surface area (Å²) < 4.78 is 18.0. The third kappa shape index (κ3) is 5.67. The minimum Gasteiger partial charge on any atom is -0.386 e. The number of hydrogen-bond acceptors (Lipinski definition) is 3. The van der Waals surface area contributed by atoms with Crippen LogP contribution < -0.4 is 5.32 Å². The first kappa shape index (κ1) is 16.6. The standard InChI is InChI=1S/C15H22FNO3/c1-3-4-9-20-10-14(18)17-11(2)15(19)12-5-7-13(16)8-6-12/h5-8,11,15,19H,3-4,9-10H2,1-2H3,(H,17,18). The van der Waals surface area contributed by atoms with E-state index in [0.717, 1.165) is 12.8 Å². The molecule has 112 valence electrons. The van der Waals surface area contributed by atoms with Crippen molar-refractivity contribution >= 4 is 5.91 Å². The van der Waals surface area contributed by atoms with Crippen LogP contribution in [0.2, 0.25) is 0 Å². The van der Waals surface area contributed by atoms with Crippen LogP contribution in [0.1, 0.15) is 38.4 Å². The number of rotatable bonds is 8. The number of benzene rings is 1. The van der Waals surface area contributed by atoms with Gasteiger partial charge in [0.25, 0.3) is 0 Å². The van der Waals surface area contributed by atoms with Crippen molar-refractivity contribution in [1.82, 2.24) is 5.32 Å². The molecule has 1 amide bonds. The van der Waals surface area contributed by atoms with Gasteiger partial charge in [-0.25, -0.2) is 4.39 Å². The molecule has 0 aliphatic heterocycles. The van der Waals surface area contributed by atoms with Gasteiger partial charge in [0.1, 0.15) is 12.4 Å². The summed E-state index contributed by atoms with van der Waals surface area (Å²) in [7, 11) is 0. The first-order valence-corrected chi connectivity index (χ1v) is 6.85. The lowest BCUT2D eigenvalue weighted by Gasteiger charge is -2.20. The van der Waals surface area contributed by atoms with Crippen LogP contribution in [0.25, 0.3) is 0 Å². The highest BCUT2D eigenvalue weighted by Gasteiger charge is 2.18. The van der Waals surface area contributed by atoms with Crippen LogP contribution in [0, 0.1) is 5.82 Å². The fourth-order valence-electron chi connectivity index (χ4n) is 1.73. The van der Waals surface area contributed by atoms with Crippen molar-refractivity contribution in [3.63, 3.8) is 0 Å². The van der Waals surface area contributed by atoms with E-state index >= 15 is 0 Å². The molecule has 4 nitrogen and oxygen atoms in total. The van der Waals surface area contributed by atoms with Crippen molar-refractivity contribution in [2.24, 2.45) is 0 Å². The van der Waals surface area contributed by atoms with Crippen molar-refractivity contribution in [2.45, 2.75) is 38.8 Å². The summed E-state index contributed by atoms with van der Waals surface area (Å²) >= 11 is 0. The van der Waals surface area contributed by atoms with Gasteiger partial charge < -0.3 is 15.2 Å². The maximum atomic E-state index is 12.8. The Morgan fingerprint density at radius 1 is 1.40 bits per heavy atom. The molecule has 0 aliphatic carbocycles. The number of carbonyl (C=O) groups excluding carboxylic acids is 1. The zero-order chi connectivity index (χ0) is 15.0. The molecule has 1 aromatic rings. The molecule has 0 radical (unpaired) electrons. The minimum absolute atomic E-state index is 0.0134. The Morgan fingerprint density at radius 3 is 2.65 bits per heavy atom. The highest BCUT2D eigenvalue weighted by atomic mass is 19.1. The van der Waals surface area contributed by atoms with Crippen LogP contribution in [0.4, 0.5) is 4.39 Å². The Bertz CT molecular complexity index is 408. The zero-order valence-electron chi connectivity index (χ0n) is 11.9. The quantitative estimate of drug-likeness (QED) is 0.719. The third-order valence-electron chi connectivity index (χ3n) is 2.95. The van der Waals surface area contributed by atoms with Crippen LogP contribution in [0.3, 0.4) is 0 Å². The maximum Gasteiger partial charge on any atom is 0.246 e. The Balaban J connectivity index is 2.39. The molecule has 0 aliphatic rings. The van der Waals surface area contributed by atoms with Gasteiger partial charge in [0.15, 0.2) is 0 Å². The first-order valence-electron chi connectivity index (χ1n) is 6.85. The van der Waals surface area contributed by atoms with Gasteiger partial charge in [0.05, 0.1) is 12.1 Å². The second-order valence-electron chi connectivity index (χ2n) is 4.76. The molecule has 0 fully saturated rings. The Hall–Kier alpha value is -1.46. The molecule has 0 spiro atoms. The minimum atomic E-state index is -0.879. The number of aliphatic hydroxyl groups excluding tert-OH is 1. The Kier molecular flexibility index (Phi) is 7.18. The molecule has 0 saturated carbocycles. The molecule has 2 unspecified atom stereocenters. The third-order valence-corrected chi connectivity index (χ3v) is 2.95. The van der Waals surface area contributed by atoms with Crippen LogP contribution in [-0.2, 0) is 9.53 Å². The van der Waals surface area contributed by atoms with Crippen molar-refractivity contribution in [3.05, 3.63) is 35.6 Å². The molecule has 0 bridgehead atoms. The van der Waals surface area contributed by atoms with Gasteiger partial charge >= 0.3 is 0 Å². The van der Waals surface area contributed by atoms with Gasteiger partial charge in [0, 0.05) is 6.61 Å². The summed E-state index contributed by atoms with van der Waals surface area (Å²) in [6.07, 6.45) is 1.05. The number of carbonyl (C=O) groups is 1. The Labute approximate surface area is 119 Å². The fourth-order valence-corrected chi connectivity index (χ4v) is 1.73. The highest BCUT2D eigenvalue weighted by Crippen LogP contribution is 2.16. The number of halogens is 1. The average Bonchev–Trinajstić information content (AvgIpc) is 2.43.